The van der Waals surface area contributed by atoms with E-state index in [0.717, 1.165) is 24.3 Å². The molecule has 0 aromatic heterocycles. The molecular formula is C28H24F4N2O2S2. The SMILES string of the molecule is COc1ccc(NC(c2c(F)cccc2F)C(Nc2ccc(OC)cc2S)c2c(F)cccc2F)c(S)c1. The molecule has 2 unspecified atom stereocenters. The molecule has 0 heterocycles. The highest BCUT2D eigenvalue weighted by Crippen LogP contribution is 2.42. The lowest BCUT2D eigenvalue weighted by Gasteiger charge is -2.33. The fourth-order valence-corrected chi connectivity index (χ4v) is 4.65. The van der Waals surface area contributed by atoms with Crippen LogP contribution in [0.25, 0.3) is 0 Å². The van der Waals surface area contributed by atoms with Gasteiger partial charge < -0.3 is 20.1 Å². The molecule has 4 nitrogen and oxygen atoms in total. The second kappa shape index (κ2) is 11.9. The topological polar surface area (TPSA) is 42.5 Å². The summed E-state index contributed by atoms with van der Waals surface area (Å²) < 4.78 is 71.4. The van der Waals surface area contributed by atoms with Crippen molar-refractivity contribution in [3.8, 4) is 11.5 Å². The normalized spacial score (nSPS) is 12.5. The molecule has 0 fully saturated rings. The van der Waals surface area contributed by atoms with Crippen molar-refractivity contribution in [3.63, 3.8) is 0 Å². The molecular weight excluding hydrogens is 536 g/mol. The average molecular weight is 561 g/mol. The van der Waals surface area contributed by atoms with Crippen LogP contribution < -0.4 is 20.1 Å². The maximum Gasteiger partial charge on any atom is 0.131 e. The van der Waals surface area contributed by atoms with Gasteiger partial charge in [0.25, 0.3) is 0 Å². The Balaban J connectivity index is 1.93. The van der Waals surface area contributed by atoms with Gasteiger partial charge in [0, 0.05) is 32.3 Å². The summed E-state index contributed by atoms with van der Waals surface area (Å²) in [6.07, 6.45) is 0. The molecule has 38 heavy (non-hydrogen) atoms. The molecule has 4 rings (SSSR count). The third kappa shape index (κ3) is 5.81. The van der Waals surface area contributed by atoms with E-state index in [0.29, 0.717) is 32.7 Å². The van der Waals surface area contributed by atoms with Crippen molar-refractivity contribution in [2.45, 2.75) is 21.9 Å². The summed E-state index contributed by atoms with van der Waals surface area (Å²) in [5, 5.41) is 6.11. The molecule has 10 heteroatoms. The minimum Gasteiger partial charge on any atom is -0.497 e. The monoisotopic (exact) mass is 560 g/mol. The van der Waals surface area contributed by atoms with E-state index in [2.05, 4.69) is 35.9 Å². The van der Waals surface area contributed by atoms with E-state index in [1.807, 2.05) is 0 Å². The van der Waals surface area contributed by atoms with Crippen molar-refractivity contribution in [1.29, 1.82) is 0 Å². The van der Waals surface area contributed by atoms with Gasteiger partial charge in [0.05, 0.1) is 26.3 Å². The van der Waals surface area contributed by atoms with Crippen LogP contribution in [0.2, 0.25) is 0 Å². The zero-order valence-corrected chi connectivity index (χ0v) is 22.1. The van der Waals surface area contributed by atoms with Crippen molar-refractivity contribution in [1.82, 2.24) is 0 Å². The zero-order chi connectivity index (χ0) is 27.4. The van der Waals surface area contributed by atoms with E-state index >= 15 is 17.6 Å². The molecule has 0 saturated heterocycles. The lowest BCUT2D eigenvalue weighted by atomic mass is 9.91. The van der Waals surface area contributed by atoms with Gasteiger partial charge in [-0.1, -0.05) is 12.1 Å². The molecule has 0 saturated carbocycles. The van der Waals surface area contributed by atoms with Gasteiger partial charge in [-0.05, 0) is 60.7 Å². The van der Waals surface area contributed by atoms with Gasteiger partial charge in [0.15, 0.2) is 0 Å². The highest BCUT2D eigenvalue weighted by atomic mass is 32.1. The number of anilines is 2. The van der Waals surface area contributed by atoms with Gasteiger partial charge in [-0.25, -0.2) is 17.6 Å². The van der Waals surface area contributed by atoms with Crippen molar-refractivity contribution < 1.29 is 27.0 Å². The fourth-order valence-electron chi connectivity index (χ4n) is 4.12. The summed E-state index contributed by atoms with van der Waals surface area (Å²) in [6.45, 7) is 0. The smallest absolute Gasteiger partial charge is 0.131 e. The molecule has 0 amide bonds. The molecule has 0 spiro atoms. The number of methoxy groups -OCH3 is 2. The summed E-state index contributed by atoms with van der Waals surface area (Å²) >= 11 is 8.94. The molecule has 4 aromatic rings. The van der Waals surface area contributed by atoms with Gasteiger partial charge in [0.2, 0.25) is 0 Å². The molecule has 2 N–H and O–H groups in total. The average Bonchev–Trinajstić information content (AvgIpc) is 2.89. The Morgan fingerprint density at radius 3 is 1.21 bits per heavy atom. The van der Waals surface area contributed by atoms with Crippen molar-refractivity contribution in [3.05, 3.63) is 107 Å². The fraction of sp³-hybridized carbons (Fsp3) is 0.143. The Bertz CT molecular complexity index is 1310. The summed E-state index contributed by atoms with van der Waals surface area (Å²) in [5.41, 5.74) is -0.145. The van der Waals surface area contributed by atoms with Crippen LogP contribution in [0.4, 0.5) is 28.9 Å². The van der Waals surface area contributed by atoms with E-state index in [1.54, 1.807) is 36.4 Å². The molecule has 0 aliphatic carbocycles. The summed E-state index contributed by atoms with van der Waals surface area (Å²) in [5.74, 6) is -2.60. The summed E-state index contributed by atoms with van der Waals surface area (Å²) in [7, 11) is 2.97. The molecule has 198 valence electrons. The van der Waals surface area contributed by atoms with Crippen LogP contribution in [0, 0.1) is 23.3 Å². The standard InChI is InChI=1S/C28H24F4N2O2S2/c1-35-15-9-11-21(23(37)13-15)33-27(25-17(29)5-3-6-18(25)30)28(26-19(31)7-4-8-20(26)32)34-22-12-10-16(36-2)14-24(22)38/h3-14,27-28,33-34,37-38H,1-2H3. The highest BCUT2D eigenvalue weighted by Gasteiger charge is 2.34. The van der Waals surface area contributed by atoms with E-state index in [-0.39, 0.29) is 0 Å². The third-order valence-electron chi connectivity index (χ3n) is 5.99. The van der Waals surface area contributed by atoms with E-state index in [1.165, 1.54) is 26.4 Å². The van der Waals surface area contributed by atoms with Gasteiger partial charge in [-0.2, -0.15) is 0 Å². The Morgan fingerprint density at radius 1 is 0.579 bits per heavy atom. The lowest BCUT2D eigenvalue weighted by Crippen LogP contribution is -2.29. The second-order valence-electron chi connectivity index (χ2n) is 8.28. The Hall–Kier alpha value is -3.50. The first kappa shape index (κ1) is 27.5. The minimum atomic E-state index is -1.36. The maximum absolute atomic E-state index is 15.3. The zero-order valence-electron chi connectivity index (χ0n) is 20.3. The number of thiol groups is 2. The third-order valence-corrected chi connectivity index (χ3v) is 6.73. The van der Waals surface area contributed by atoms with Crippen molar-refractivity contribution >= 4 is 36.6 Å². The predicted molar refractivity (Wildman–Crippen MR) is 146 cm³/mol. The maximum atomic E-state index is 15.3. The van der Waals surface area contributed by atoms with Crippen molar-refractivity contribution in [2.24, 2.45) is 0 Å². The first-order valence-corrected chi connectivity index (χ1v) is 12.3. The number of hydrogen-bond acceptors (Lipinski definition) is 6. The van der Waals surface area contributed by atoms with Crippen LogP contribution in [0.15, 0.2) is 82.6 Å². The Morgan fingerprint density at radius 2 is 0.921 bits per heavy atom. The molecule has 0 radical (unpaired) electrons. The van der Waals surface area contributed by atoms with Crippen LogP contribution in [-0.2, 0) is 0 Å². The Kier molecular flexibility index (Phi) is 8.63. The molecule has 0 aliphatic heterocycles. The summed E-state index contributed by atoms with van der Waals surface area (Å²) in [6, 6.07) is 13.6. The highest BCUT2D eigenvalue weighted by molar-refractivity contribution is 7.80. The first-order chi connectivity index (χ1) is 18.2. The van der Waals surface area contributed by atoms with Gasteiger partial charge in [0.1, 0.15) is 34.8 Å². The molecule has 0 bridgehead atoms. The number of nitrogens with one attached hydrogen (secondary N) is 2. The van der Waals surface area contributed by atoms with Gasteiger partial charge in [-0.15, -0.1) is 25.3 Å². The molecule has 2 atom stereocenters. The van der Waals surface area contributed by atoms with E-state index in [9.17, 15) is 0 Å². The number of rotatable bonds is 9. The largest absolute Gasteiger partial charge is 0.497 e. The second-order valence-corrected chi connectivity index (χ2v) is 9.24. The Labute approximate surface area is 228 Å². The van der Waals surface area contributed by atoms with E-state index < -0.39 is 46.5 Å². The quantitative estimate of drug-likeness (QED) is 0.124. The van der Waals surface area contributed by atoms with E-state index in [4.69, 9.17) is 9.47 Å². The van der Waals surface area contributed by atoms with Crippen LogP contribution in [-0.4, -0.2) is 14.2 Å². The number of ether oxygens (including phenoxy) is 2. The number of hydrogen-bond donors (Lipinski definition) is 4. The van der Waals surface area contributed by atoms with Crippen LogP contribution in [0.5, 0.6) is 11.5 Å². The molecule has 4 aromatic carbocycles. The number of halogens is 4. The van der Waals surface area contributed by atoms with Crippen LogP contribution in [0.1, 0.15) is 23.2 Å². The molecule has 0 aliphatic rings. The van der Waals surface area contributed by atoms with Gasteiger partial charge in [-0.3, -0.25) is 0 Å². The number of benzene rings is 4. The van der Waals surface area contributed by atoms with Gasteiger partial charge >= 0.3 is 0 Å². The first-order valence-electron chi connectivity index (χ1n) is 11.4. The lowest BCUT2D eigenvalue weighted by molar-refractivity contribution is 0.413. The van der Waals surface area contributed by atoms with Crippen LogP contribution in [0.3, 0.4) is 0 Å². The van der Waals surface area contributed by atoms with Crippen molar-refractivity contribution in [2.75, 3.05) is 24.9 Å². The van der Waals surface area contributed by atoms with Crippen LogP contribution >= 0.6 is 25.3 Å². The predicted octanol–water partition coefficient (Wildman–Crippen LogP) is 7.84. The summed E-state index contributed by atoms with van der Waals surface area (Å²) in [4.78, 5) is 0.774. The minimum absolute atomic E-state index is 0.353.